The van der Waals surface area contributed by atoms with E-state index in [2.05, 4.69) is 11.9 Å². The van der Waals surface area contributed by atoms with Crippen molar-refractivity contribution in [1.82, 2.24) is 5.32 Å². The van der Waals surface area contributed by atoms with Crippen molar-refractivity contribution in [3.63, 3.8) is 0 Å². The third kappa shape index (κ3) is 5.40. The number of rotatable bonds is 6. The number of likely N-dealkylation sites (N-methyl/N-ethyl adjacent to an activating group) is 1. The van der Waals surface area contributed by atoms with E-state index in [1.165, 1.54) is 0 Å². The monoisotopic (exact) mass is 311 g/mol. The minimum Gasteiger partial charge on any atom is -0.355 e. The smallest absolute Gasteiger partial charge is 0.246 e. The van der Waals surface area contributed by atoms with E-state index in [1.807, 2.05) is 24.3 Å². The lowest BCUT2D eigenvalue weighted by atomic mass is 9.97. The maximum absolute atomic E-state index is 11.5. The highest BCUT2D eigenvalue weighted by Gasteiger charge is 2.07. The summed E-state index contributed by atoms with van der Waals surface area (Å²) in [6, 6.07) is 5.53. The number of allylic oxidation sites excluding steroid dienone is 2. The van der Waals surface area contributed by atoms with Gasteiger partial charge < -0.3 is 5.32 Å². The molecule has 1 unspecified atom stereocenters. The molecule has 0 bridgehead atoms. The Morgan fingerprint density at radius 1 is 1.35 bits per heavy atom. The van der Waals surface area contributed by atoms with Crippen LogP contribution in [0.5, 0.6) is 0 Å². The summed E-state index contributed by atoms with van der Waals surface area (Å²) < 4.78 is 0. The number of hydrogen-bond donors (Lipinski definition) is 1. The van der Waals surface area contributed by atoms with Crippen LogP contribution in [0.25, 0.3) is 0 Å². The van der Waals surface area contributed by atoms with Gasteiger partial charge >= 0.3 is 0 Å². The average Bonchev–Trinajstić information content (AvgIpc) is 2.41. The SMILES string of the molecule is C=CC(/C=C(\C)C(=O)NC)CCc1cc(Cl)cc(Cl)c1. The van der Waals surface area contributed by atoms with E-state index in [0.29, 0.717) is 15.6 Å². The van der Waals surface area contributed by atoms with Crippen LogP contribution in [0.15, 0.2) is 42.5 Å². The van der Waals surface area contributed by atoms with Gasteiger partial charge in [-0.05, 0) is 49.4 Å². The molecule has 1 atom stereocenters. The highest BCUT2D eigenvalue weighted by Crippen LogP contribution is 2.22. The first-order valence-electron chi connectivity index (χ1n) is 6.44. The molecule has 20 heavy (non-hydrogen) atoms. The molecule has 1 amide bonds. The Hall–Kier alpha value is -1.25. The van der Waals surface area contributed by atoms with Crippen molar-refractivity contribution < 1.29 is 4.79 Å². The third-order valence-corrected chi connectivity index (χ3v) is 3.48. The van der Waals surface area contributed by atoms with Crippen LogP contribution in [-0.2, 0) is 11.2 Å². The maximum Gasteiger partial charge on any atom is 0.246 e. The summed E-state index contributed by atoms with van der Waals surface area (Å²) >= 11 is 11.9. The number of benzene rings is 1. The Balaban J connectivity index is 2.70. The molecule has 4 heteroatoms. The van der Waals surface area contributed by atoms with E-state index in [0.717, 1.165) is 18.4 Å². The van der Waals surface area contributed by atoms with Crippen molar-refractivity contribution in [3.8, 4) is 0 Å². The molecular weight excluding hydrogens is 293 g/mol. The second-order valence-corrected chi connectivity index (χ2v) is 5.52. The van der Waals surface area contributed by atoms with E-state index in [-0.39, 0.29) is 11.8 Å². The summed E-state index contributed by atoms with van der Waals surface area (Å²) in [6.07, 6.45) is 5.46. The van der Waals surface area contributed by atoms with E-state index in [1.54, 1.807) is 20.0 Å². The quantitative estimate of drug-likeness (QED) is 0.611. The van der Waals surface area contributed by atoms with Crippen molar-refractivity contribution >= 4 is 29.1 Å². The van der Waals surface area contributed by atoms with Gasteiger partial charge in [-0.15, -0.1) is 6.58 Å². The molecule has 1 aromatic rings. The molecule has 1 rings (SSSR count). The second kappa shape index (κ2) is 8.13. The largest absolute Gasteiger partial charge is 0.355 e. The molecular formula is C16H19Cl2NO. The first-order valence-corrected chi connectivity index (χ1v) is 7.20. The van der Waals surface area contributed by atoms with Crippen molar-refractivity contribution in [1.29, 1.82) is 0 Å². The van der Waals surface area contributed by atoms with Crippen LogP contribution in [0.4, 0.5) is 0 Å². The van der Waals surface area contributed by atoms with Gasteiger partial charge in [0.15, 0.2) is 0 Å². The molecule has 1 aromatic carbocycles. The summed E-state index contributed by atoms with van der Waals surface area (Å²) in [6.45, 7) is 5.62. The van der Waals surface area contributed by atoms with Crippen LogP contribution >= 0.6 is 23.2 Å². The lowest BCUT2D eigenvalue weighted by molar-refractivity contribution is -0.117. The van der Waals surface area contributed by atoms with Crippen molar-refractivity contribution in [2.24, 2.45) is 5.92 Å². The Labute approximate surface area is 130 Å². The number of nitrogens with one attached hydrogen (secondary N) is 1. The van der Waals surface area contributed by atoms with Gasteiger partial charge in [0, 0.05) is 22.7 Å². The summed E-state index contributed by atoms with van der Waals surface area (Å²) in [4.78, 5) is 11.5. The Kier molecular flexibility index (Phi) is 6.83. The number of carbonyl (C=O) groups excluding carboxylic acids is 1. The Morgan fingerprint density at radius 2 is 1.95 bits per heavy atom. The van der Waals surface area contributed by atoms with Gasteiger partial charge in [-0.25, -0.2) is 0 Å². The maximum atomic E-state index is 11.5. The Morgan fingerprint density at radius 3 is 2.45 bits per heavy atom. The van der Waals surface area contributed by atoms with E-state index >= 15 is 0 Å². The normalized spacial score (nSPS) is 12.9. The highest BCUT2D eigenvalue weighted by molar-refractivity contribution is 6.34. The minimum atomic E-state index is -0.0670. The topological polar surface area (TPSA) is 29.1 Å². The standard InChI is InChI=1S/C16H19Cl2NO/c1-4-12(7-11(2)16(20)19-3)5-6-13-8-14(17)10-15(18)9-13/h4,7-10,12H,1,5-6H2,2-3H3,(H,19,20)/b11-7+. The van der Waals surface area contributed by atoms with Crippen LogP contribution in [0.1, 0.15) is 18.9 Å². The Bertz CT molecular complexity index is 503. The zero-order chi connectivity index (χ0) is 15.1. The number of carbonyl (C=O) groups is 1. The molecule has 0 aliphatic heterocycles. The van der Waals surface area contributed by atoms with Crippen LogP contribution in [-0.4, -0.2) is 13.0 Å². The molecule has 0 saturated carbocycles. The predicted octanol–water partition coefficient (Wildman–Crippen LogP) is 4.42. The summed E-state index contributed by atoms with van der Waals surface area (Å²) in [7, 11) is 1.62. The fraction of sp³-hybridized carbons (Fsp3) is 0.312. The van der Waals surface area contributed by atoms with Gasteiger partial charge in [-0.3, -0.25) is 4.79 Å². The molecule has 0 aromatic heterocycles. The van der Waals surface area contributed by atoms with Crippen LogP contribution in [0.3, 0.4) is 0 Å². The molecule has 0 aliphatic carbocycles. The lowest BCUT2D eigenvalue weighted by Gasteiger charge is -2.10. The lowest BCUT2D eigenvalue weighted by Crippen LogP contribution is -2.19. The van der Waals surface area contributed by atoms with Crippen LogP contribution in [0.2, 0.25) is 10.0 Å². The molecule has 108 valence electrons. The van der Waals surface area contributed by atoms with Gasteiger partial charge in [0.25, 0.3) is 0 Å². The summed E-state index contributed by atoms with van der Waals surface area (Å²) in [5.41, 5.74) is 1.78. The van der Waals surface area contributed by atoms with E-state index < -0.39 is 0 Å². The molecule has 0 fully saturated rings. The van der Waals surface area contributed by atoms with Crippen molar-refractivity contribution in [2.45, 2.75) is 19.8 Å². The third-order valence-electron chi connectivity index (χ3n) is 3.04. The van der Waals surface area contributed by atoms with Gasteiger partial charge in [-0.2, -0.15) is 0 Å². The van der Waals surface area contributed by atoms with E-state index in [4.69, 9.17) is 23.2 Å². The molecule has 0 saturated heterocycles. The van der Waals surface area contributed by atoms with Crippen LogP contribution in [0, 0.1) is 5.92 Å². The van der Waals surface area contributed by atoms with Gasteiger partial charge in [-0.1, -0.05) is 35.4 Å². The van der Waals surface area contributed by atoms with Crippen molar-refractivity contribution in [3.05, 3.63) is 58.1 Å². The molecule has 0 aliphatic rings. The first kappa shape index (κ1) is 16.8. The van der Waals surface area contributed by atoms with Gasteiger partial charge in [0.05, 0.1) is 0 Å². The van der Waals surface area contributed by atoms with Gasteiger partial charge in [0.1, 0.15) is 0 Å². The molecule has 2 nitrogen and oxygen atoms in total. The highest BCUT2D eigenvalue weighted by atomic mass is 35.5. The van der Waals surface area contributed by atoms with Crippen molar-refractivity contribution in [2.75, 3.05) is 7.05 Å². The first-order chi connectivity index (χ1) is 9.46. The van der Waals surface area contributed by atoms with Crippen LogP contribution < -0.4 is 5.32 Å². The second-order valence-electron chi connectivity index (χ2n) is 4.64. The summed E-state index contributed by atoms with van der Waals surface area (Å²) in [5, 5.41) is 3.88. The summed E-state index contributed by atoms with van der Waals surface area (Å²) in [5.74, 6) is 0.0766. The molecule has 1 N–H and O–H groups in total. The number of hydrogen-bond acceptors (Lipinski definition) is 1. The fourth-order valence-electron chi connectivity index (χ4n) is 1.95. The zero-order valence-electron chi connectivity index (χ0n) is 11.7. The molecule has 0 spiro atoms. The average molecular weight is 312 g/mol. The molecule has 0 heterocycles. The van der Waals surface area contributed by atoms with Gasteiger partial charge in [0.2, 0.25) is 5.91 Å². The fourth-order valence-corrected chi connectivity index (χ4v) is 2.52. The predicted molar refractivity (Wildman–Crippen MR) is 86.3 cm³/mol. The number of amides is 1. The minimum absolute atomic E-state index is 0.0670. The number of halogens is 2. The van der Waals surface area contributed by atoms with E-state index in [9.17, 15) is 4.79 Å². The molecule has 0 radical (unpaired) electrons. The zero-order valence-corrected chi connectivity index (χ0v) is 13.3. The number of aryl methyl sites for hydroxylation is 1.